The number of anilines is 1. The van der Waals surface area contributed by atoms with Crippen LogP contribution in [0.3, 0.4) is 0 Å². The van der Waals surface area contributed by atoms with Crippen molar-refractivity contribution < 1.29 is 0 Å². The fourth-order valence-electron chi connectivity index (χ4n) is 4.62. The molecule has 1 nitrogen and oxygen atoms in total. The molecule has 0 bridgehead atoms. The van der Waals surface area contributed by atoms with Gasteiger partial charge in [0.15, 0.2) is 0 Å². The molecule has 0 amide bonds. The minimum atomic E-state index is 0.603. The molecular formula is C34H25NS. The normalized spacial score (nSPS) is 10.8. The Morgan fingerprint density at radius 2 is 1.28 bits per heavy atom. The summed E-state index contributed by atoms with van der Waals surface area (Å²) in [6.45, 7) is 0.603. The highest BCUT2D eigenvalue weighted by Gasteiger charge is 2.12. The smallest absolute Gasteiger partial charge is 0.0766 e. The summed E-state index contributed by atoms with van der Waals surface area (Å²) < 4.78 is 2.62. The highest BCUT2D eigenvalue weighted by atomic mass is 32.1. The van der Waals surface area contributed by atoms with E-state index in [1.54, 1.807) is 0 Å². The van der Waals surface area contributed by atoms with E-state index in [4.69, 9.17) is 0 Å². The molecule has 0 unspecified atom stereocenters. The van der Waals surface area contributed by atoms with Crippen LogP contribution in [-0.4, -0.2) is 6.54 Å². The minimum Gasteiger partial charge on any atom is -0.374 e. The number of hydrogen-bond acceptors (Lipinski definition) is 2. The first-order chi connectivity index (χ1) is 17.8. The lowest BCUT2D eigenvalue weighted by atomic mass is 9.97. The van der Waals surface area contributed by atoms with Crippen LogP contribution < -0.4 is 5.32 Å². The molecule has 0 fully saturated rings. The Morgan fingerprint density at radius 3 is 2.14 bits per heavy atom. The summed E-state index contributed by atoms with van der Waals surface area (Å²) in [4.78, 5) is 0. The van der Waals surface area contributed by atoms with E-state index in [1.807, 2.05) is 17.4 Å². The van der Waals surface area contributed by atoms with Crippen molar-refractivity contribution in [1.82, 2.24) is 0 Å². The average molecular weight is 480 g/mol. The van der Waals surface area contributed by atoms with Crippen LogP contribution in [0.25, 0.3) is 42.4 Å². The number of rotatable bonds is 5. The van der Waals surface area contributed by atoms with Crippen molar-refractivity contribution in [3.8, 4) is 34.1 Å². The van der Waals surface area contributed by atoms with Crippen LogP contribution in [-0.2, 0) is 6.42 Å². The Hall–Kier alpha value is -4.32. The molecule has 0 spiro atoms. The van der Waals surface area contributed by atoms with E-state index in [9.17, 15) is 0 Å². The van der Waals surface area contributed by atoms with Crippen LogP contribution in [0.1, 0.15) is 5.56 Å². The van der Waals surface area contributed by atoms with Crippen molar-refractivity contribution in [2.45, 2.75) is 6.42 Å². The molecule has 172 valence electrons. The lowest BCUT2D eigenvalue weighted by Crippen LogP contribution is -2.01. The van der Waals surface area contributed by atoms with Crippen molar-refractivity contribution in [3.05, 3.63) is 127 Å². The van der Waals surface area contributed by atoms with Crippen molar-refractivity contribution in [1.29, 1.82) is 0 Å². The van der Waals surface area contributed by atoms with E-state index in [-0.39, 0.29) is 0 Å². The molecule has 0 saturated carbocycles. The second-order valence-corrected chi connectivity index (χ2v) is 9.89. The first kappa shape index (κ1) is 22.2. The fraction of sp³-hybridized carbons (Fsp3) is 0.0588. The van der Waals surface area contributed by atoms with Crippen LogP contribution in [0, 0.1) is 11.8 Å². The van der Waals surface area contributed by atoms with Crippen LogP contribution in [0.5, 0.6) is 0 Å². The molecule has 1 aromatic heterocycles. The predicted octanol–water partition coefficient (Wildman–Crippen LogP) is 9.05. The molecule has 2 heteroatoms. The zero-order valence-corrected chi connectivity index (χ0v) is 20.7. The summed E-state index contributed by atoms with van der Waals surface area (Å²) >= 11 is 1.85. The van der Waals surface area contributed by atoms with E-state index >= 15 is 0 Å². The summed E-state index contributed by atoms with van der Waals surface area (Å²) in [7, 11) is 0. The van der Waals surface area contributed by atoms with Gasteiger partial charge in [0.05, 0.1) is 6.54 Å². The van der Waals surface area contributed by atoms with Crippen LogP contribution in [0.15, 0.2) is 121 Å². The van der Waals surface area contributed by atoms with Gasteiger partial charge < -0.3 is 5.32 Å². The van der Waals surface area contributed by atoms with E-state index in [1.165, 1.54) is 48.0 Å². The molecule has 1 N–H and O–H groups in total. The van der Waals surface area contributed by atoms with Gasteiger partial charge in [-0.1, -0.05) is 109 Å². The van der Waals surface area contributed by atoms with Gasteiger partial charge in [-0.05, 0) is 46.5 Å². The Bertz CT molecular complexity index is 1700. The van der Waals surface area contributed by atoms with E-state index in [2.05, 4.69) is 132 Å². The largest absolute Gasteiger partial charge is 0.374 e. The van der Waals surface area contributed by atoms with Crippen LogP contribution >= 0.6 is 11.3 Å². The predicted molar refractivity (Wildman–Crippen MR) is 157 cm³/mol. The van der Waals surface area contributed by atoms with Gasteiger partial charge in [-0.15, -0.1) is 11.3 Å². The second kappa shape index (κ2) is 10.1. The number of fused-ring (bicyclic) bond motifs is 3. The monoisotopic (exact) mass is 479 g/mol. The first-order valence-corrected chi connectivity index (χ1v) is 13.0. The van der Waals surface area contributed by atoms with Gasteiger partial charge in [0.25, 0.3) is 0 Å². The summed E-state index contributed by atoms with van der Waals surface area (Å²) in [6, 6.07) is 43.1. The molecule has 0 aliphatic heterocycles. The van der Waals surface area contributed by atoms with Gasteiger partial charge in [0.1, 0.15) is 0 Å². The van der Waals surface area contributed by atoms with Gasteiger partial charge in [0.2, 0.25) is 0 Å². The molecule has 5 aromatic carbocycles. The molecule has 6 aromatic rings. The standard InChI is InChI=1S/C34H25NS/c1-3-12-25(13-4-1)14-9-10-21-35-32-23-31-29-19-7-8-20-33(29)36-34(31)24-30(32)28-18-11-17-27(22-28)26-15-5-2-6-16-26/h1-8,11-13,15-20,22-24,35H,14,21H2. The zero-order valence-electron chi connectivity index (χ0n) is 19.9. The van der Waals surface area contributed by atoms with Gasteiger partial charge in [-0.2, -0.15) is 0 Å². The Morgan fingerprint density at radius 1 is 0.556 bits per heavy atom. The third-order valence-electron chi connectivity index (χ3n) is 6.43. The Labute approximate surface area is 216 Å². The molecular weight excluding hydrogens is 454 g/mol. The van der Waals surface area contributed by atoms with E-state index in [0.717, 1.165) is 12.1 Å². The second-order valence-electron chi connectivity index (χ2n) is 8.81. The number of hydrogen-bond donors (Lipinski definition) is 1. The van der Waals surface area contributed by atoms with E-state index < -0.39 is 0 Å². The maximum atomic E-state index is 3.63. The van der Waals surface area contributed by atoms with Gasteiger partial charge in [0, 0.05) is 37.8 Å². The Kier molecular flexibility index (Phi) is 6.23. The maximum Gasteiger partial charge on any atom is 0.0766 e. The maximum absolute atomic E-state index is 3.63. The first-order valence-electron chi connectivity index (χ1n) is 12.2. The molecule has 0 atom stereocenters. The SMILES string of the molecule is C(#CCc1ccccc1)CNc1cc2c(cc1-c1cccc(-c3ccccc3)c1)sc1ccccc12. The lowest BCUT2D eigenvalue weighted by Gasteiger charge is -2.13. The van der Waals surface area contributed by atoms with Gasteiger partial charge in [-0.3, -0.25) is 0 Å². The van der Waals surface area contributed by atoms with E-state index in [0.29, 0.717) is 6.54 Å². The molecule has 0 aliphatic carbocycles. The molecule has 36 heavy (non-hydrogen) atoms. The fourth-order valence-corrected chi connectivity index (χ4v) is 5.74. The van der Waals surface area contributed by atoms with Crippen molar-refractivity contribution >= 4 is 37.2 Å². The van der Waals surface area contributed by atoms with Gasteiger partial charge in [-0.25, -0.2) is 0 Å². The van der Waals surface area contributed by atoms with Crippen LogP contribution in [0.4, 0.5) is 5.69 Å². The zero-order chi connectivity index (χ0) is 24.2. The quantitative estimate of drug-likeness (QED) is 0.243. The number of benzene rings is 5. The molecule has 1 heterocycles. The third kappa shape index (κ3) is 4.62. The highest BCUT2D eigenvalue weighted by molar-refractivity contribution is 7.25. The average Bonchev–Trinajstić information content (AvgIpc) is 3.31. The molecule has 0 radical (unpaired) electrons. The van der Waals surface area contributed by atoms with Crippen LogP contribution in [0.2, 0.25) is 0 Å². The molecule has 6 rings (SSSR count). The molecule has 0 aliphatic rings. The molecule has 0 saturated heterocycles. The van der Waals surface area contributed by atoms with Crippen molar-refractivity contribution in [2.75, 3.05) is 11.9 Å². The summed E-state index contributed by atoms with van der Waals surface area (Å²) in [5, 5.41) is 6.23. The van der Waals surface area contributed by atoms with Crippen molar-refractivity contribution in [2.24, 2.45) is 0 Å². The highest BCUT2D eigenvalue weighted by Crippen LogP contribution is 2.40. The van der Waals surface area contributed by atoms with Gasteiger partial charge >= 0.3 is 0 Å². The third-order valence-corrected chi connectivity index (χ3v) is 7.56. The van der Waals surface area contributed by atoms with Crippen molar-refractivity contribution in [3.63, 3.8) is 0 Å². The topological polar surface area (TPSA) is 12.0 Å². The summed E-state index contributed by atoms with van der Waals surface area (Å²) in [6.07, 6.45) is 0.767. The summed E-state index contributed by atoms with van der Waals surface area (Å²) in [5.41, 5.74) is 7.22. The Balaban J connectivity index is 1.38. The number of nitrogens with one attached hydrogen (secondary N) is 1. The number of thiophene rings is 1. The summed E-state index contributed by atoms with van der Waals surface area (Å²) in [5.74, 6) is 6.63. The lowest BCUT2D eigenvalue weighted by molar-refractivity contribution is 1.30. The minimum absolute atomic E-state index is 0.603.